The van der Waals surface area contributed by atoms with Crippen LogP contribution < -0.4 is 0 Å². The molecule has 0 N–H and O–H groups in total. The van der Waals surface area contributed by atoms with Crippen molar-refractivity contribution in [3.63, 3.8) is 0 Å². The van der Waals surface area contributed by atoms with Crippen molar-refractivity contribution in [1.29, 1.82) is 0 Å². The number of likely N-dealkylation sites (N-methyl/N-ethyl adjacent to an activating group) is 1. The Morgan fingerprint density at radius 3 is 2.44 bits per heavy atom. The molecule has 1 saturated heterocycles. The summed E-state index contributed by atoms with van der Waals surface area (Å²) in [4.78, 5) is 2.45. The molecule has 9 heavy (non-hydrogen) atoms. The van der Waals surface area contributed by atoms with E-state index in [2.05, 4.69) is 24.1 Å². The molecule has 0 saturated carbocycles. The van der Waals surface area contributed by atoms with E-state index in [0.29, 0.717) is 0 Å². The van der Waals surface area contributed by atoms with Crippen LogP contribution in [0, 0.1) is 5.92 Å². The number of piperidine rings is 1. The zero-order valence-corrected chi connectivity index (χ0v) is 5.88. The van der Waals surface area contributed by atoms with E-state index < -0.39 is 0 Å². The maximum Gasteiger partial charge on any atom is 0.0275 e. The molecule has 1 nitrogen and oxygen atoms in total. The third kappa shape index (κ3) is 0.799. The summed E-state index contributed by atoms with van der Waals surface area (Å²) < 4.78 is 0. The van der Waals surface area contributed by atoms with Gasteiger partial charge in [-0.2, -0.15) is 0 Å². The van der Waals surface area contributed by atoms with Crippen LogP contribution in [0.1, 0.15) is 12.8 Å². The summed E-state index contributed by atoms with van der Waals surface area (Å²) in [5, 5.41) is 0. The van der Waals surface area contributed by atoms with Crippen molar-refractivity contribution in [1.82, 2.24) is 4.90 Å². The Morgan fingerprint density at radius 1 is 1.33 bits per heavy atom. The molecule has 0 aromatic carbocycles. The van der Waals surface area contributed by atoms with E-state index in [9.17, 15) is 0 Å². The van der Waals surface area contributed by atoms with E-state index in [4.69, 9.17) is 0 Å². The molecule has 2 heterocycles. The first kappa shape index (κ1) is 5.48. The van der Waals surface area contributed by atoms with Gasteiger partial charge in [0.2, 0.25) is 0 Å². The average molecular weight is 123 g/mol. The van der Waals surface area contributed by atoms with Gasteiger partial charge < -0.3 is 0 Å². The molecule has 0 aromatic heterocycles. The number of hydrogen-bond acceptors (Lipinski definition) is 1. The maximum absolute atomic E-state index is 2.45. The summed E-state index contributed by atoms with van der Waals surface area (Å²) in [5.41, 5.74) is 0. The summed E-state index contributed by atoms with van der Waals surface area (Å²) >= 11 is 0. The Kier molecular flexibility index (Phi) is 1.12. The number of fused-ring (bicyclic) bond motifs is 2. The van der Waals surface area contributed by atoms with Gasteiger partial charge in [-0.1, -0.05) is 12.2 Å². The zero-order valence-electron chi connectivity index (χ0n) is 5.88. The van der Waals surface area contributed by atoms with Crippen molar-refractivity contribution in [2.45, 2.75) is 18.9 Å². The molecule has 3 rings (SSSR count). The van der Waals surface area contributed by atoms with E-state index in [0.717, 1.165) is 12.0 Å². The highest BCUT2D eigenvalue weighted by molar-refractivity contribution is 5.07. The first-order valence-electron chi connectivity index (χ1n) is 3.75. The molecule has 2 bridgehead atoms. The first-order valence-corrected chi connectivity index (χ1v) is 3.75. The van der Waals surface area contributed by atoms with E-state index >= 15 is 0 Å². The summed E-state index contributed by atoms with van der Waals surface area (Å²) in [6.45, 7) is 1.29. The predicted molar refractivity (Wildman–Crippen MR) is 38.3 cm³/mol. The molecule has 0 aromatic rings. The fourth-order valence-corrected chi connectivity index (χ4v) is 1.89. The monoisotopic (exact) mass is 123 g/mol. The third-order valence-corrected chi connectivity index (χ3v) is 2.53. The lowest BCUT2D eigenvalue weighted by Gasteiger charge is -2.38. The van der Waals surface area contributed by atoms with E-state index in [1.807, 2.05) is 0 Å². The van der Waals surface area contributed by atoms with Crippen molar-refractivity contribution < 1.29 is 0 Å². The second-order valence-corrected chi connectivity index (χ2v) is 3.23. The molecule has 1 fully saturated rings. The van der Waals surface area contributed by atoms with Crippen molar-refractivity contribution in [2.75, 3.05) is 13.6 Å². The highest BCUT2D eigenvalue weighted by atomic mass is 15.1. The molecule has 2 atom stereocenters. The van der Waals surface area contributed by atoms with Crippen molar-refractivity contribution >= 4 is 0 Å². The SMILES string of the molecule is CN1C[C@H]2C=C[C@@H]1CC2. The van der Waals surface area contributed by atoms with Crippen LogP contribution in [-0.4, -0.2) is 24.5 Å². The highest BCUT2D eigenvalue weighted by Gasteiger charge is 2.26. The van der Waals surface area contributed by atoms with Crippen LogP contribution in [0.3, 0.4) is 0 Å². The van der Waals surface area contributed by atoms with Crippen LogP contribution in [-0.2, 0) is 0 Å². The first-order chi connectivity index (χ1) is 4.36. The topological polar surface area (TPSA) is 3.24 Å². The number of rotatable bonds is 0. The normalized spacial score (nSPS) is 41.9. The fraction of sp³-hybridized carbons (Fsp3) is 0.750. The minimum absolute atomic E-state index is 0.773. The number of nitrogens with zero attached hydrogens (tertiary/aromatic N) is 1. The van der Waals surface area contributed by atoms with Gasteiger partial charge in [-0.15, -0.1) is 0 Å². The molecule has 50 valence electrons. The Labute approximate surface area is 56.4 Å². The molecule has 1 aliphatic carbocycles. The average Bonchev–Trinajstić information content (AvgIpc) is 1.90. The van der Waals surface area contributed by atoms with Crippen molar-refractivity contribution in [2.24, 2.45) is 5.92 Å². The second kappa shape index (κ2) is 1.84. The summed E-state index contributed by atoms with van der Waals surface area (Å²) in [7, 11) is 2.22. The van der Waals surface area contributed by atoms with Crippen LogP contribution in [0.4, 0.5) is 0 Å². The Bertz CT molecular complexity index is 140. The standard InChI is InChI=1S/C8H13N/c1-9-6-7-2-4-8(9)5-3-7/h2,4,7-8H,3,5-6H2,1H3/t7-,8+/m0/s1. The third-order valence-electron chi connectivity index (χ3n) is 2.53. The Balaban J connectivity index is 2.20. The van der Waals surface area contributed by atoms with Gasteiger partial charge in [0.15, 0.2) is 0 Å². The maximum atomic E-state index is 2.45. The lowest BCUT2D eigenvalue weighted by molar-refractivity contribution is 0.172. The van der Waals surface area contributed by atoms with Gasteiger partial charge in [0.25, 0.3) is 0 Å². The van der Waals surface area contributed by atoms with Crippen LogP contribution in [0.25, 0.3) is 0 Å². The molecule has 0 unspecified atom stereocenters. The molecule has 3 aliphatic rings. The molecule has 0 radical (unpaired) electrons. The van der Waals surface area contributed by atoms with Gasteiger partial charge >= 0.3 is 0 Å². The molecule has 2 aliphatic heterocycles. The highest BCUT2D eigenvalue weighted by Crippen LogP contribution is 2.27. The quantitative estimate of drug-likeness (QED) is 0.438. The van der Waals surface area contributed by atoms with E-state index in [1.165, 1.54) is 19.4 Å². The summed E-state index contributed by atoms with van der Waals surface area (Å²) in [6, 6.07) is 0.773. The number of hydrogen-bond donors (Lipinski definition) is 0. The minimum atomic E-state index is 0.773. The molecule has 0 spiro atoms. The molecule has 1 heteroatoms. The van der Waals surface area contributed by atoms with Gasteiger partial charge in [0.05, 0.1) is 0 Å². The van der Waals surface area contributed by atoms with E-state index in [1.54, 1.807) is 0 Å². The summed E-state index contributed by atoms with van der Waals surface area (Å²) in [6.07, 6.45) is 7.55. The van der Waals surface area contributed by atoms with Crippen LogP contribution in [0.2, 0.25) is 0 Å². The van der Waals surface area contributed by atoms with Gasteiger partial charge in [-0.25, -0.2) is 0 Å². The predicted octanol–water partition coefficient (Wildman–Crippen LogP) is 1.27. The van der Waals surface area contributed by atoms with Gasteiger partial charge in [0.1, 0.15) is 0 Å². The fourth-order valence-electron chi connectivity index (χ4n) is 1.89. The van der Waals surface area contributed by atoms with Crippen LogP contribution in [0.5, 0.6) is 0 Å². The second-order valence-electron chi connectivity index (χ2n) is 3.23. The minimum Gasteiger partial charge on any atom is -0.299 e. The Hall–Kier alpha value is -0.300. The Morgan fingerprint density at radius 2 is 2.22 bits per heavy atom. The summed E-state index contributed by atoms with van der Waals surface area (Å²) in [5.74, 6) is 0.875. The zero-order chi connectivity index (χ0) is 6.27. The van der Waals surface area contributed by atoms with Crippen molar-refractivity contribution in [3.8, 4) is 0 Å². The van der Waals surface area contributed by atoms with Gasteiger partial charge in [0, 0.05) is 12.6 Å². The molecule has 0 amide bonds. The van der Waals surface area contributed by atoms with E-state index in [-0.39, 0.29) is 0 Å². The van der Waals surface area contributed by atoms with Crippen molar-refractivity contribution in [3.05, 3.63) is 12.2 Å². The largest absolute Gasteiger partial charge is 0.299 e. The van der Waals surface area contributed by atoms with Gasteiger partial charge in [-0.05, 0) is 25.8 Å². The lowest BCUT2D eigenvalue weighted by Crippen LogP contribution is -2.42. The molecular weight excluding hydrogens is 110 g/mol. The lowest BCUT2D eigenvalue weighted by atomic mass is 9.87. The van der Waals surface area contributed by atoms with Crippen LogP contribution >= 0.6 is 0 Å². The van der Waals surface area contributed by atoms with Gasteiger partial charge in [-0.3, -0.25) is 4.90 Å². The molecular formula is C8H13N. The smallest absolute Gasteiger partial charge is 0.0275 e. The van der Waals surface area contributed by atoms with Crippen LogP contribution in [0.15, 0.2) is 12.2 Å².